The van der Waals surface area contributed by atoms with Crippen LogP contribution in [-0.2, 0) is 11.3 Å². The maximum Gasteiger partial charge on any atom is 0.245 e. The van der Waals surface area contributed by atoms with Crippen molar-refractivity contribution in [1.82, 2.24) is 14.7 Å². The summed E-state index contributed by atoms with van der Waals surface area (Å²) < 4.78 is 1.76. The number of amides is 1. The van der Waals surface area contributed by atoms with Gasteiger partial charge in [0.1, 0.15) is 5.38 Å². The van der Waals surface area contributed by atoms with E-state index < -0.39 is 5.38 Å². The third-order valence-corrected chi connectivity index (χ3v) is 3.00. The largest absolute Gasteiger partial charge is 0.342 e. The summed E-state index contributed by atoms with van der Waals surface area (Å²) in [7, 11) is 0. The maximum absolute atomic E-state index is 12.0. The summed E-state index contributed by atoms with van der Waals surface area (Å²) in [6, 6.07) is 0. The van der Waals surface area contributed by atoms with Crippen LogP contribution in [0.1, 0.15) is 31.7 Å². The van der Waals surface area contributed by atoms with Crippen LogP contribution in [0.4, 0.5) is 0 Å². The van der Waals surface area contributed by atoms with Gasteiger partial charge >= 0.3 is 0 Å². The predicted octanol–water partition coefficient (Wildman–Crippen LogP) is 2.05. The van der Waals surface area contributed by atoms with E-state index in [4.69, 9.17) is 11.6 Å². The van der Waals surface area contributed by atoms with Crippen LogP contribution in [0.3, 0.4) is 0 Å². The molecule has 0 aliphatic rings. The molecular weight excluding hydrogens is 226 g/mol. The Bertz CT molecular complexity index is 347. The van der Waals surface area contributed by atoms with Crippen molar-refractivity contribution in [3.63, 3.8) is 0 Å². The molecule has 5 heteroatoms. The van der Waals surface area contributed by atoms with E-state index in [9.17, 15) is 4.79 Å². The Balaban J connectivity index is 2.76. The smallest absolute Gasteiger partial charge is 0.245 e. The fourth-order valence-electron chi connectivity index (χ4n) is 1.52. The van der Waals surface area contributed by atoms with Crippen molar-refractivity contribution in [2.45, 2.75) is 32.7 Å². The molecule has 0 N–H and O–H groups in total. The fraction of sp³-hybridized carbons (Fsp3) is 0.636. The first-order valence-corrected chi connectivity index (χ1v) is 6.02. The van der Waals surface area contributed by atoms with Crippen molar-refractivity contribution in [3.05, 3.63) is 18.0 Å². The molecule has 0 radical (unpaired) electrons. The molecule has 1 amide bonds. The molecule has 0 spiro atoms. The minimum Gasteiger partial charge on any atom is -0.342 e. The zero-order valence-corrected chi connectivity index (χ0v) is 10.7. The van der Waals surface area contributed by atoms with Gasteiger partial charge in [-0.3, -0.25) is 9.48 Å². The molecule has 0 aliphatic heterocycles. The quantitative estimate of drug-likeness (QED) is 0.743. The molecule has 0 saturated heterocycles. The highest BCUT2D eigenvalue weighted by molar-refractivity contribution is 6.30. The molecule has 0 aromatic carbocycles. The van der Waals surface area contributed by atoms with Crippen LogP contribution in [0.2, 0.25) is 0 Å². The number of aromatic nitrogens is 2. The zero-order valence-electron chi connectivity index (χ0n) is 9.98. The zero-order chi connectivity index (χ0) is 12.1. The number of likely N-dealkylation sites (N-methyl/N-ethyl adjacent to an activating group) is 1. The second-order valence-electron chi connectivity index (χ2n) is 3.50. The fourth-order valence-corrected chi connectivity index (χ4v) is 1.77. The molecule has 0 saturated carbocycles. The van der Waals surface area contributed by atoms with E-state index >= 15 is 0 Å². The Kier molecular flexibility index (Phi) is 4.80. The topological polar surface area (TPSA) is 38.1 Å². The number of carbonyl (C=O) groups is 1. The number of hydrogen-bond acceptors (Lipinski definition) is 2. The molecule has 1 heterocycles. The van der Waals surface area contributed by atoms with Gasteiger partial charge < -0.3 is 4.90 Å². The van der Waals surface area contributed by atoms with Crippen molar-refractivity contribution in [1.29, 1.82) is 0 Å². The highest BCUT2D eigenvalue weighted by Gasteiger charge is 2.23. The van der Waals surface area contributed by atoms with Gasteiger partial charge in [0, 0.05) is 31.4 Å². The van der Waals surface area contributed by atoms with Crippen molar-refractivity contribution in [3.8, 4) is 0 Å². The van der Waals surface area contributed by atoms with Crippen LogP contribution in [-0.4, -0.2) is 33.7 Å². The highest BCUT2D eigenvalue weighted by Crippen LogP contribution is 2.22. The van der Waals surface area contributed by atoms with E-state index in [-0.39, 0.29) is 5.91 Å². The molecule has 90 valence electrons. The average Bonchev–Trinajstić information content (AvgIpc) is 2.78. The summed E-state index contributed by atoms with van der Waals surface area (Å²) in [5.41, 5.74) is 0.764. The Morgan fingerprint density at radius 2 is 2.12 bits per heavy atom. The van der Waals surface area contributed by atoms with E-state index in [1.165, 1.54) is 0 Å². The summed E-state index contributed by atoms with van der Waals surface area (Å²) in [5, 5.41) is 3.49. The number of aryl methyl sites for hydroxylation is 1. The first kappa shape index (κ1) is 13.0. The summed E-state index contributed by atoms with van der Waals surface area (Å²) in [6.45, 7) is 8.02. The minimum atomic E-state index is -0.625. The van der Waals surface area contributed by atoms with Crippen LogP contribution < -0.4 is 0 Å². The van der Waals surface area contributed by atoms with Crippen LogP contribution >= 0.6 is 11.6 Å². The standard InChI is InChI=1S/C11H18ClN3O/c1-4-14(5-2)11(16)10(12)9-7-13-15(6-3)8-9/h7-8,10H,4-6H2,1-3H3. The number of alkyl halides is 1. The summed E-state index contributed by atoms with van der Waals surface area (Å²) in [6.07, 6.45) is 3.47. The maximum atomic E-state index is 12.0. The lowest BCUT2D eigenvalue weighted by atomic mass is 10.2. The van der Waals surface area contributed by atoms with E-state index in [1.54, 1.807) is 15.8 Å². The molecule has 1 aromatic rings. The van der Waals surface area contributed by atoms with Crippen molar-refractivity contribution < 1.29 is 4.79 Å². The van der Waals surface area contributed by atoms with Gasteiger partial charge in [-0.2, -0.15) is 5.10 Å². The molecule has 4 nitrogen and oxygen atoms in total. The number of hydrogen-bond donors (Lipinski definition) is 0. The molecule has 1 atom stereocenters. The van der Waals surface area contributed by atoms with Crippen LogP contribution in [0.25, 0.3) is 0 Å². The Hall–Kier alpha value is -1.03. The Morgan fingerprint density at radius 3 is 2.56 bits per heavy atom. The molecule has 0 fully saturated rings. The van der Waals surface area contributed by atoms with E-state index in [2.05, 4.69) is 5.10 Å². The van der Waals surface area contributed by atoms with Crippen LogP contribution in [0.5, 0.6) is 0 Å². The number of rotatable bonds is 5. The first-order chi connectivity index (χ1) is 7.63. The molecule has 1 rings (SSSR count). The molecular formula is C11H18ClN3O. The Labute approximate surface area is 101 Å². The predicted molar refractivity (Wildman–Crippen MR) is 64.4 cm³/mol. The number of nitrogens with zero attached hydrogens (tertiary/aromatic N) is 3. The minimum absolute atomic E-state index is 0.0534. The SMILES string of the molecule is CCN(CC)C(=O)C(Cl)c1cnn(CC)c1. The van der Waals surface area contributed by atoms with Gasteiger partial charge in [0.15, 0.2) is 0 Å². The Morgan fingerprint density at radius 1 is 1.50 bits per heavy atom. The lowest BCUT2D eigenvalue weighted by Gasteiger charge is -2.20. The second-order valence-corrected chi connectivity index (χ2v) is 3.94. The summed E-state index contributed by atoms with van der Waals surface area (Å²) in [5.74, 6) is -0.0534. The molecule has 0 bridgehead atoms. The van der Waals surface area contributed by atoms with E-state index in [1.807, 2.05) is 27.0 Å². The lowest BCUT2D eigenvalue weighted by molar-refractivity contribution is -0.130. The van der Waals surface area contributed by atoms with Crippen molar-refractivity contribution in [2.24, 2.45) is 0 Å². The normalized spacial score (nSPS) is 12.5. The first-order valence-electron chi connectivity index (χ1n) is 5.59. The average molecular weight is 244 g/mol. The van der Waals surface area contributed by atoms with Gasteiger partial charge in [0.05, 0.1) is 6.20 Å². The molecule has 16 heavy (non-hydrogen) atoms. The molecule has 1 aromatic heterocycles. The lowest BCUT2D eigenvalue weighted by Crippen LogP contribution is -2.33. The highest BCUT2D eigenvalue weighted by atomic mass is 35.5. The van der Waals surface area contributed by atoms with E-state index in [0.717, 1.165) is 12.1 Å². The van der Waals surface area contributed by atoms with Gasteiger partial charge in [-0.1, -0.05) is 0 Å². The molecule has 1 unspecified atom stereocenters. The van der Waals surface area contributed by atoms with Crippen LogP contribution in [0.15, 0.2) is 12.4 Å². The third kappa shape index (κ3) is 2.76. The van der Waals surface area contributed by atoms with E-state index in [0.29, 0.717) is 13.1 Å². The van der Waals surface area contributed by atoms with Crippen molar-refractivity contribution >= 4 is 17.5 Å². The number of halogens is 1. The number of carbonyl (C=O) groups excluding carboxylic acids is 1. The van der Waals surface area contributed by atoms with Gasteiger partial charge in [-0.15, -0.1) is 11.6 Å². The second kappa shape index (κ2) is 5.89. The summed E-state index contributed by atoms with van der Waals surface area (Å²) >= 11 is 6.13. The third-order valence-electron chi connectivity index (χ3n) is 2.56. The molecule has 0 aliphatic carbocycles. The van der Waals surface area contributed by atoms with Gasteiger partial charge in [-0.25, -0.2) is 0 Å². The monoisotopic (exact) mass is 243 g/mol. The van der Waals surface area contributed by atoms with Gasteiger partial charge in [0.25, 0.3) is 0 Å². The van der Waals surface area contributed by atoms with Crippen LogP contribution in [0, 0.1) is 0 Å². The van der Waals surface area contributed by atoms with Crippen molar-refractivity contribution in [2.75, 3.05) is 13.1 Å². The summed E-state index contributed by atoms with van der Waals surface area (Å²) in [4.78, 5) is 13.7. The van der Waals surface area contributed by atoms with Gasteiger partial charge in [-0.05, 0) is 20.8 Å². The van der Waals surface area contributed by atoms with Gasteiger partial charge in [0.2, 0.25) is 5.91 Å².